The first kappa shape index (κ1) is 33.8. The monoisotopic (exact) mass is 655 g/mol. The molecule has 0 aromatic heterocycles. The average molecular weight is 656 g/mol. The molecule has 0 heterocycles. The molecule has 5 aromatic carbocycles. The van der Waals surface area contributed by atoms with Gasteiger partial charge in [0, 0.05) is 13.2 Å². The number of benzene rings is 5. The Morgan fingerprint density at radius 1 is 0.633 bits per heavy atom. The summed E-state index contributed by atoms with van der Waals surface area (Å²) >= 11 is 0. The molecule has 6 heteroatoms. The molecule has 6 nitrogen and oxygen atoms in total. The standard InChI is InChI=1S/C43H45NO5/c1-46-37-24-20-35(21-25-37)43(34-16-7-6-8-17-34,36-22-26-38(47-2)27-23-36)49-29-12-5-3-4-11-28-44-42(45)48-31-33-15-13-19-40-39-18-10-9-14-32(39)30-41(33)40/h6-10,13-27H,3-5,11-12,28-31H2,1-2H3,(H,44,45). The maximum Gasteiger partial charge on any atom is 0.407 e. The van der Waals surface area contributed by atoms with Gasteiger partial charge >= 0.3 is 6.09 Å². The molecule has 0 saturated carbocycles. The average Bonchev–Trinajstić information content (AvgIpc) is 3.55. The van der Waals surface area contributed by atoms with E-state index in [1.165, 1.54) is 22.3 Å². The van der Waals surface area contributed by atoms with Crippen molar-refractivity contribution in [1.29, 1.82) is 0 Å². The highest BCUT2D eigenvalue weighted by atomic mass is 16.5. The van der Waals surface area contributed by atoms with Crippen LogP contribution in [0.3, 0.4) is 0 Å². The van der Waals surface area contributed by atoms with Crippen molar-refractivity contribution in [1.82, 2.24) is 5.32 Å². The summed E-state index contributed by atoms with van der Waals surface area (Å²) in [6, 6.07) is 41.4. The zero-order valence-electron chi connectivity index (χ0n) is 28.5. The highest BCUT2D eigenvalue weighted by Gasteiger charge is 2.37. The lowest BCUT2D eigenvalue weighted by atomic mass is 9.80. The summed E-state index contributed by atoms with van der Waals surface area (Å²) in [5, 5.41) is 2.93. The van der Waals surface area contributed by atoms with Gasteiger partial charge in [-0.15, -0.1) is 0 Å². The maximum atomic E-state index is 12.5. The number of ether oxygens (including phenoxy) is 4. The van der Waals surface area contributed by atoms with Crippen LogP contribution in [0.2, 0.25) is 0 Å². The van der Waals surface area contributed by atoms with Crippen LogP contribution in [-0.4, -0.2) is 33.5 Å². The molecule has 1 amide bonds. The van der Waals surface area contributed by atoms with Crippen LogP contribution < -0.4 is 14.8 Å². The summed E-state index contributed by atoms with van der Waals surface area (Å²) < 4.78 is 23.5. The summed E-state index contributed by atoms with van der Waals surface area (Å²) in [4.78, 5) is 12.5. The number of nitrogens with one attached hydrogen (secondary N) is 1. The van der Waals surface area contributed by atoms with Gasteiger partial charge in [0.25, 0.3) is 0 Å². The molecule has 0 radical (unpaired) electrons. The number of alkyl carbamates (subject to hydrolysis) is 1. The van der Waals surface area contributed by atoms with E-state index in [1.54, 1.807) is 14.2 Å². The number of methoxy groups -OCH3 is 2. The molecule has 0 fully saturated rings. The van der Waals surface area contributed by atoms with Crippen molar-refractivity contribution in [3.63, 3.8) is 0 Å². The van der Waals surface area contributed by atoms with E-state index in [2.05, 4.69) is 90.2 Å². The van der Waals surface area contributed by atoms with Gasteiger partial charge in [0.2, 0.25) is 0 Å². The molecule has 49 heavy (non-hydrogen) atoms. The van der Waals surface area contributed by atoms with E-state index in [-0.39, 0.29) is 12.7 Å². The summed E-state index contributed by atoms with van der Waals surface area (Å²) in [6.07, 6.45) is 5.44. The number of hydrogen-bond acceptors (Lipinski definition) is 5. The van der Waals surface area contributed by atoms with Crippen LogP contribution in [0.15, 0.2) is 121 Å². The first-order valence-corrected chi connectivity index (χ1v) is 17.2. The van der Waals surface area contributed by atoms with Crippen LogP contribution >= 0.6 is 0 Å². The second-order valence-corrected chi connectivity index (χ2v) is 12.4. The lowest BCUT2D eigenvalue weighted by molar-refractivity contribution is 0.0106. The van der Waals surface area contributed by atoms with Gasteiger partial charge in [0.1, 0.15) is 23.7 Å². The molecule has 1 N–H and O–H groups in total. The number of rotatable bonds is 16. The Hall–Kier alpha value is -5.07. The van der Waals surface area contributed by atoms with Gasteiger partial charge in [-0.2, -0.15) is 0 Å². The SMILES string of the molecule is COc1ccc(C(OCCCCCCCNC(=O)OCc2cccc3c2Cc2ccccc2-3)(c2ccccc2)c2ccc(OC)cc2)cc1. The van der Waals surface area contributed by atoms with E-state index >= 15 is 0 Å². The number of carbonyl (C=O) groups excluding carboxylic acids is 1. The summed E-state index contributed by atoms with van der Waals surface area (Å²) in [6.45, 7) is 1.46. The lowest BCUT2D eigenvalue weighted by Crippen LogP contribution is -2.33. The van der Waals surface area contributed by atoms with Gasteiger partial charge in [-0.05, 0) is 88.0 Å². The molecule has 0 spiro atoms. The van der Waals surface area contributed by atoms with Crippen molar-refractivity contribution < 1.29 is 23.7 Å². The first-order chi connectivity index (χ1) is 24.1. The number of amides is 1. The van der Waals surface area contributed by atoms with E-state index in [1.807, 2.05) is 36.4 Å². The molecule has 1 aliphatic rings. The minimum Gasteiger partial charge on any atom is -0.497 e. The number of hydrogen-bond donors (Lipinski definition) is 1. The van der Waals surface area contributed by atoms with Gasteiger partial charge in [-0.1, -0.05) is 116 Å². The molecule has 0 aliphatic heterocycles. The van der Waals surface area contributed by atoms with Crippen molar-refractivity contribution in [3.05, 3.63) is 155 Å². The molecule has 5 aromatic rings. The van der Waals surface area contributed by atoms with E-state index in [0.717, 1.165) is 72.3 Å². The largest absolute Gasteiger partial charge is 0.497 e. The molecule has 0 unspecified atom stereocenters. The highest BCUT2D eigenvalue weighted by Crippen LogP contribution is 2.42. The third kappa shape index (κ3) is 7.82. The minimum absolute atomic E-state index is 0.278. The van der Waals surface area contributed by atoms with Crippen LogP contribution in [0, 0.1) is 0 Å². The minimum atomic E-state index is -0.798. The maximum absolute atomic E-state index is 12.5. The van der Waals surface area contributed by atoms with Crippen molar-refractivity contribution in [3.8, 4) is 22.6 Å². The van der Waals surface area contributed by atoms with E-state index < -0.39 is 5.60 Å². The Balaban J connectivity index is 0.977. The quantitative estimate of drug-likeness (QED) is 0.0831. The second-order valence-electron chi connectivity index (χ2n) is 12.4. The Labute approximate surface area is 290 Å². The Bertz CT molecular complexity index is 1750. The van der Waals surface area contributed by atoms with Gasteiger partial charge < -0.3 is 24.3 Å². The first-order valence-electron chi connectivity index (χ1n) is 17.2. The van der Waals surface area contributed by atoms with Gasteiger partial charge in [0.15, 0.2) is 0 Å². The smallest absolute Gasteiger partial charge is 0.407 e. The summed E-state index contributed by atoms with van der Waals surface area (Å²) in [5.74, 6) is 1.60. The Kier molecular flexibility index (Phi) is 11.3. The predicted molar refractivity (Wildman–Crippen MR) is 194 cm³/mol. The molecule has 0 atom stereocenters. The highest BCUT2D eigenvalue weighted by molar-refractivity contribution is 5.78. The summed E-state index contributed by atoms with van der Waals surface area (Å²) in [5.41, 5.74) is 8.50. The van der Waals surface area contributed by atoms with Crippen molar-refractivity contribution >= 4 is 6.09 Å². The second kappa shape index (κ2) is 16.4. The van der Waals surface area contributed by atoms with Crippen LogP contribution in [0.4, 0.5) is 4.79 Å². The topological polar surface area (TPSA) is 66.0 Å². The number of carbonyl (C=O) groups is 1. The molecule has 0 bridgehead atoms. The molecule has 252 valence electrons. The molecular weight excluding hydrogens is 610 g/mol. The van der Waals surface area contributed by atoms with E-state index in [4.69, 9.17) is 18.9 Å². The zero-order valence-corrected chi connectivity index (χ0v) is 28.5. The van der Waals surface area contributed by atoms with Crippen LogP contribution in [0.1, 0.15) is 65.5 Å². The van der Waals surface area contributed by atoms with Crippen LogP contribution in [-0.2, 0) is 28.1 Å². The van der Waals surface area contributed by atoms with Crippen LogP contribution in [0.5, 0.6) is 11.5 Å². The molecule has 6 rings (SSSR count). The normalized spacial score (nSPS) is 11.8. The molecule has 1 aliphatic carbocycles. The lowest BCUT2D eigenvalue weighted by Gasteiger charge is -2.36. The third-order valence-electron chi connectivity index (χ3n) is 9.39. The van der Waals surface area contributed by atoms with E-state index in [0.29, 0.717) is 13.2 Å². The van der Waals surface area contributed by atoms with Gasteiger partial charge in [-0.3, -0.25) is 0 Å². The van der Waals surface area contributed by atoms with E-state index in [9.17, 15) is 4.79 Å². The zero-order chi connectivity index (χ0) is 33.9. The molecular formula is C43H45NO5. The van der Waals surface area contributed by atoms with Crippen molar-refractivity contribution in [2.75, 3.05) is 27.4 Å². The van der Waals surface area contributed by atoms with Gasteiger partial charge in [-0.25, -0.2) is 4.79 Å². The Morgan fingerprint density at radius 2 is 1.22 bits per heavy atom. The third-order valence-corrected chi connectivity index (χ3v) is 9.39. The van der Waals surface area contributed by atoms with Crippen molar-refractivity contribution in [2.45, 2.75) is 50.7 Å². The Morgan fingerprint density at radius 3 is 1.92 bits per heavy atom. The molecule has 0 saturated heterocycles. The van der Waals surface area contributed by atoms with Gasteiger partial charge in [0.05, 0.1) is 14.2 Å². The predicted octanol–water partition coefficient (Wildman–Crippen LogP) is 9.46. The fourth-order valence-electron chi connectivity index (χ4n) is 6.80. The fourth-order valence-corrected chi connectivity index (χ4v) is 6.80. The summed E-state index contributed by atoms with van der Waals surface area (Å²) in [7, 11) is 3.36. The van der Waals surface area contributed by atoms with Crippen molar-refractivity contribution in [2.24, 2.45) is 0 Å². The number of fused-ring (bicyclic) bond motifs is 3. The fraction of sp³-hybridized carbons (Fsp3) is 0.279. The number of unbranched alkanes of at least 4 members (excludes halogenated alkanes) is 4. The van der Waals surface area contributed by atoms with Crippen LogP contribution in [0.25, 0.3) is 11.1 Å².